The van der Waals surface area contributed by atoms with Crippen LogP contribution in [0.5, 0.6) is 0 Å². The van der Waals surface area contributed by atoms with E-state index in [9.17, 15) is 39.8 Å². The van der Waals surface area contributed by atoms with Crippen LogP contribution in [0, 0.1) is 0 Å². The zero-order valence-electron chi connectivity index (χ0n) is 39.9. The van der Waals surface area contributed by atoms with Crippen LogP contribution in [0.3, 0.4) is 0 Å². The van der Waals surface area contributed by atoms with Gasteiger partial charge in [-0.1, -0.05) is 179 Å². The second-order valence-corrected chi connectivity index (χ2v) is 19.4. The van der Waals surface area contributed by atoms with E-state index in [0.717, 1.165) is 57.8 Å². The van der Waals surface area contributed by atoms with E-state index < -0.39 is 63.1 Å². The third kappa shape index (κ3) is 33.0. The molecule has 0 aliphatic heterocycles. The maximum absolute atomic E-state index is 12.8. The normalized spacial score (nSPS) is 22.0. The minimum Gasteiger partial charge on any atom is -0.457 e. The summed E-state index contributed by atoms with van der Waals surface area (Å²) in [5, 5.41) is 50.3. The van der Waals surface area contributed by atoms with Gasteiger partial charge in [0.25, 0.3) is 0 Å². The van der Waals surface area contributed by atoms with Gasteiger partial charge in [-0.15, -0.1) is 0 Å². The molecule has 63 heavy (non-hydrogen) atoms. The molecule has 1 aliphatic rings. The highest BCUT2D eigenvalue weighted by molar-refractivity contribution is 7.47. The quantitative estimate of drug-likeness (QED) is 0.0147. The molecule has 6 unspecified atom stereocenters. The SMILES string of the molecule is CCCCCCC/C=C\CCCCCCCC(=O)OC(COCCCCCCCCCCCC/C=C\CCCCCCCCCC)COP(=O)(O)OC1C(O)C(O)C(O)C(O)C1O. The van der Waals surface area contributed by atoms with Crippen molar-refractivity contribution in [2.24, 2.45) is 0 Å². The molecule has 0 aromatic heterocycles. The average molecular weight is 919 g/mol. The Morgan fingerprint density at radius 3 is 1.25 bits per heavy atom. The molecular weight excluding hydrogens is 824 g/mol. The number of phosphoric ester groups is 1. The summed E-state index contributed by atoms with van der Waals surface area (Å²) < 4.78 is 34.3. The van der Waals surface area contributed by atoms with Crippen LogP contribution in [-0.4, -0.2) is 98.9 Å². The Kier molecular flexibility index (Phi) is 39.0. The van der Waals surface area contributed by atoms with E-state index in [-0.39, 0.29) is 13.0 Å². The fourth-order valence-corrected chi connectivity index (χ4v) is 8.91. The Morgan fingerprint density at radius 2 is 0.841 bits per heavy atom. The Hall–Kier alpha value is -1.18. The number of aliphatic hydroxyl groups excluding tert-OH is 5. The molecule has 6 atom stereocenters. The predicted molar refractivity (Wildman–Crippen MR) is 253 cm³/mol. The van der Waals surface area contributed by atoms with Gasteiger partial charge >= 0.3 is 13.8 Å². The Labute approximate surface area is 383 Å². The number of esters is 1. The van der Waals surface area contributed by atoms with E-state index >= 15 is 0 Å². The van der Waals surface area contributed by atoms with Crippen molar-refractivity contribution in [2.75, 3.05) is 19.8 Å². The first-order valence-electron chi connectivity index (χ1n) is 25.7. The van der Waals surface area contributed by atoms with Crippen molar-refractivity contribution in [3.63, 3.8) is 0 Å². The minimum absolute atomic E-state index is 0.0780. The Bertz CT molecular complexity index is 1140. The van der Waals surface area contributed by atoms with Gasteiger partial charge in [0, 0.05) is 13.0 Å². The molecule has 13 heteroatoms. The van der Waals surface area contributed by atoms with E-state index in [1.54, 1.807) is 0 Å². The van der Waals surface area contributed by atoms with Crippen molar-refractivity contribution in [3.05, 3.63) is 24.3 Å². The summed E-state index contributed by atoms with van der Waals surface area (Å²) in [6.07, 6.45) is 35.3. The Balaban J connectivity index is 2.32. The highest BCUT2D eigenvalue weighted by atomic mass is 31.2. The maximum Gasteiger partial charge on any atom is 0.472 e. The van der Waals surface area contributed by atoms with Crippen LogP contribution in [-0.2, 0) is 27.9 Å². The number of ether oxygens (including phenoxy) is 2. The molecule has 0 amide bonds. The first-order chi connectivity index (χ1) is 30.5. The number of carbonyl (C=O) groups excluding carboxylic acids is 1. The second kappa shape index (κ2) is 41.0. The van der Waals surface area contributed by atoms with E-state index in [2.05, 4.69) is 38.2 Å². The molecule has 0 heterocycles. The molecule has 1 saturated carbocycles. The van der Waals surface area contributed by atoms with Crippen LogP contribution in [0.4, 0.5) is 0 Å². The van der Waals surface area contributed by atoms with Crippen LogP contribution in [0.2, 0.25) is 0 Å². The predicted octanol–water partition coefficient (Wildman–Crippen LogP) is 11.3. The molecule has 12 nitrogen and oxygen atoms in total. The highest BCUT2D eigenvalue weighted by Crippen LogP contribution is 2.47. The summed E-state index contributed by atoms with van der Waals surface area (Å²) >= 11 is 0. The molecule has 0 bridgehead atoms. The number of rotatable bonds is 44. The summed E-state index contributed by atoms with van der Waals surface area (Å²) in [4.78, 5) is 23.2. The minimum atomic E-state index is -5.02. The summed E-state index contributed by atoms with van der Waals surface area (Å²) in [6.45, 7) is 4.26. The maximum atomic E-state index is 12.8. The fourth-order valence-electron chi connectivity index (χ4n) is 7.93. The first kappa shape index (κ1) is 59.8. The van der Waals surface area contributed by atoms with Gasteiger partial charge < -0.3 is 39.9 Å². The lowest BCUT2D eigenvalue weighted by Crippen LogP contribution is -2.64. The summed E-state index contributed by atoms with van der Waals surface area (Å²) in [5.74, 6) is -0.484. The number of hydrogen-bond donors (Lipinski definition) is 6. The van der Waals surface area contributed by atoms with Gasteiger partial charge in [0.15, 0.2) is 0 Å². The van der Waals surface area contributed by atoms with Crippen molar-refractivity contribution in [2.45, 2.75) is 268 Å². The van der Waals surface area contributed by atoms with Gasteiger partial charge in [-0.2, -0.15) is 0 Å². The molecule has 1 aliphatic carbocycles. The standard InChI is InChI=1S/C50H95O12P/c1-3-5-7-9-11-13-15-17-19-20-21-22-23-24-25-26-28-30-32-34-36-38-40-59-41-43(42-60-63(57,58)62-50-48(55)46(53)45(52)47(54)49(50)56)61-44(51)39-37-35-33-31-29-27-18-16-14-12-10-8-6-4-2/h16,18,20-21,43,45-50,52-56H,3-15,17,19,22-42H2,1-2H3,(H,57,58)/b18-16-,21-20-. The van der Waals surface area contributed by atoms with E-state index in [4.69, 9.17) is 18.5 Å². The van der Waals surface area contributed by atoms with Crippen molar-refractivity contribution in [1.82, 2.24) is 0 Å². The van der Waals surface area contributed by atoms with E-state index in [1.807, 2.05) is 0 Å². The zero-order valence-corrected chi connectivity index (χ0v) is 40.8. The largest absolute Gasteiger partial charge is 0.472 e. The van der Waals surface area contributed by atoms with Crippen molar-refractivity contribution < 1.29 is 58.3 Å². The van der Waals surface area contributed by atoms with Gasteiger partial charge in [0.2, 0.25) is 0 Å². The molecule has 372 valence electrons. The van der Waals surface area contributed by atoms with Crippen molar-refractivity contribution in [3.8, 4) is 0 Å². The van der Waals surface area contributed by atoms with Crippen LogP contribution in [0.25, 0.3) is 0 Å². The van der Waals surface area contributed by atoms with E-state index in [0.29, 0.717) is 13.0 Å². The molecule has 1 rings (SSSR count). The molecule has 0 spiro atoms. The van der Waals surface area contributed by atoms with Crippen LogP contribution < -0.4 is 0 Å². The van der Waals surface area contributed by atoms with Crippen LogP contribution >= 0.6 is 7.82 Å². The molecule has 1 fully saturated rings. The number of phosphoric acid groups is 1. The van der Waals surface area contributed by atoms with Crippen molar-refractivity contribution in [1.29, 1.82) is 0 Å². The molecule has 0 saturated heterocycles. The number of unbranched alkanes of at least 4 members (excludes halogenated alkanes) is 28. The second-order valence-electron chi connectivity index (χ2n) is 18.0. The molecule has 0 aromatic rings. The average Bonchev–Trinajstić information content (AvgIpc) is 3.27. The Morgan fingerprint density at radius 1 is 0.492 bits per heavy atom. The highest BCUT2D eigenvalue weighted by Gasteiger charge is 2.51. The van der Waals surface area contributed by atoms with Gasteiger partial charge in [-0.25, -0.2) is 4.57 Å². The smallest absolute Gasteiger partial charge is 0.457 e. The molecule has 0 aromatic carbocycles. The number of aliphatic hydroxyl groups is 5. The lowest BCUT2D eigenvalue weighted by Gasteiger charge is -2.41. The number of allylic oxidation sites excluding steroid dienone is 4. The molecule has 0 radical (unpaired) electrons. The summed E-state index contributed by atoms with van der Waals surface area (Å²) in [5.41, 5.74) is 0. The van der Waals surface area contributed by atoms with Gasteiger partial charge in [0.05, 0.1) is 13.2 Å². The summed E-state index contributed by atoms with van der Waals surface area (Å²) in [7, 11) is -5.02. The number of carbonyl (C=O) groups is 1. The fraction of sp³-hybridized carbons (Fsp3) is 0.900. The third-order valence-corrected chi connectivity index (χ3v) is 13.0. The van der Waals surface area contributed by atoms with Crippen molar-refractivity contribution >= 4 is 13.8 Å². The monoisotopic (exact) mass is 919 g/mol. The van der Waals surface area contributed by atoms with Gasteiger partial charge in [-0.3, -0.25) is 13.8 Å². The third-order valence-electron chi connectivity index (χ3n) is 12.0. The van der Waals surface area contributed by atoms with Gasteiger partial charge in [0.1, 0.15) is 42.7 Å². The van der Waals surface area contributed by atoms with E-state index in [1.165, 1.54) is 141 Å². The van der Waals surface area contributed by atoms with Crippen LogP contribution in [0.1, 0.15) is 226 Å². The van der Waals surface area contributed by atoms with Crippen LogP contribution in [0.15, 0.2) is 24.3 Å². The lowest BCUT2D eigenvalue weighted by molar-refractivity contribution is -0.220. The summed E-state index contributed by atoms with van der Waals surface area (Å²) in [6, 6.07) is 0. The zero-order chi connectivity index (χ0) is 46.2. The first-order valence-corrected chi connectivity index (χ1v) is 27.2. The van der Waals surface area contributed by atoms with Gasteiger partial charge in [-0.05, 0) is 64.2 Å². The molecule has 6 N–H and O–H groups in total. The topological polar surface area (TPSA) is 192 Å². The molecular formula is C50H95O12P. The number of hydrogen-bond acceptors (Lipinski definition) is 11. The lowest BCUT2D eigenvalue weighted by atomic mass is 9.85.